The number of rotatable bonds is 6. The van der Waals surface area contributed by atoms with Crippen molar-refractivity contribution in [3.05, 3.63) is 24.3 Å². The summed E-state index contributed by atoms with van der Waals surface area (Å²) in [5.74, 6) is 1.60. The predicted octanol–water partition coefficient (Wildman–Crippen LogP) is 3.63. The Bertz CT molecular complexity index is 381. The molecule has 0 spiro atoms. The minimum Gasteiger partial charge on any atom is -0.489 e. The Morgan fingerprint density at radius 2 is 2.05 bits per heavy atom. The van der Waals surface area contributed by atoms with Crippen molar-refractivity contribution in [2.24, 2.45) is 5.92 Å². The summed E-state index contributed by atoms with van der Waals surface area (Å²) in [5.41, 5.74) is 6.50. The zero-order valence-electron chi connectivity index (χ0n) is 11.8. The fraction of sp³-hybridized carbons (Fsp3) is 0.625. The molecule has 1 aliphatic rings. The van der Waals surface area contributed by atoms with Crippen LogP contribution in [0.4, 0.5) is 5.69 Å². The number of anilines is 1. The summed E-state index contributed by atoms with van der Waals surface area (Å²) in [6.07, 6.45) is 6.78. The van der Waals surface area contributed by atoms with Gasteiger partial charge in [-0.05, 0) is 30.9 Å². The Hall–Kier alpha value is -1.22. The van der Waals surface area contributed by atoms with Crippen LogP contribution in [0.3, 0.4) is 0 Å². The first-order valence-electron chi connectivity index (χ1n) is 7.38. The van der Waals surface area contributed by atoms with Crippen molar-refractivity contribution in [3.63, 3.8) is 0 Å². The summed E-state index contributed by atoms with van der Waals surface area (Å²) in [5, 5.41) is 0. The molecule has 0 bridgehead atoms. The quantitative estimate of drug-likeness (QED) is 0.629. The lowest BCUT2D eigenvalue weighted by Crippen LogP contribution is -2.24. The molecule has 1 fully saturated rings. The standard InChI is InChI=1S/C16H25NO2/c1-2-13-6-5-7-14(12-13)18-10-11-19-16-9-4-3-8-15(16)17/h3-4,8-9,13-14H,2,5-7,10-12,17H2,1H3. The van der Waals surface area contributed by atoms with E-state index >= 15 is 0 Å². The maximum atomic E-state index is 5.91. The van der Waals surface area contributed by atoms with E-state index in [1.165, 1.54) is 32.1 Å². The van der Waals surface area contributed by atoms with E-state index in [1.54, 1.807) is 0 Å². The van der Waals surface area contributed by atoms with Crippen LogP contribution >= 0.6 is 0 Å². The zero-order valence-corrected chi connectivity index (χ0v) is 11.8. The second-order valence-corrected chi connectivity index (χ2v) is 5.32. The molecule has 3 heteroatoms. The normalized spacial score (nSPS) is 23.2. The molecule has 1 saturated carbocycles. The van der Waals surface area contributed by atoms with Gasteiger partial charge in [-0.1, -0.05) is 38.3 Å². The minimum atomic E-state index is 0.426. The van der Waals surface area contributed by atoms with Gasteiger partial charge >= 0.3 is 0 Å². The predicted molar refractivity (Wildman–Crippen MR) is 78.3 cm³/mol. The molecule has 3 nitrogen and oxygen atoms in total. The van der Waals surface area contributed by atoms with E-state index in [0.717, 1.165) is 11.7 Å². The summed E-state index contributed by atoms with van der Waals surface area (Å²) in [7, 11) is 0. The fourth-order valence-electron chi connectivity index (χ4n) is 2.74. The van der Waals surface area contributed by atoms with Gasteiger partial charge in [-0.15, -0.1) is 0 Å². The van der Waals surface area contributed by atoms with Crippen LogP contribution in [0.5, 0.6) is 5.75 Å². The maximum absolute atomic E-state index is 5.91. The summed E-state index contributed by atoms with van der Waals surface area (Å²) in [6.45, 7) is 3.49. The van der Waals surface area contributed by atoms with E-state index in [2.05, 4.69) is 6.92 Å². The monoisotopic (exact) mass is 263 g/mol. The molecule has 0 aromatic heterocycles. The average Bonchev–Trinajstić information content (AvgIpc) is 2.45. The number of ether oxygens (including phenoxy) is 2. The molecule has 2 rings (SSSR count). The van der Waals surface area contributed by atoms with Gasteiger partial charge in [0, 0.05) is 0 Å². The van der Waals surface area contributed by atoms with E-state index in [0.29, 0.717) is 25.0 Å². The van der Waals surface area contributed by atoms with E-state index in [9.17, 15) is 0 Å². The van der Waals surface area contributed by atoms with Crippen LogP contribution in [-0.4, -0.2) is 19.3 Å². The molecule has 1 aromatic carbocycles. The van der Waals surface area contributed by atoms with Crippen molar-refractivity contribution >= 4 is 5.69 Å². The lowest BCUT2D eigenvalue weighted by Gasteiger charge is -2.28. The van der Waals surface area contributed by atoms with Crippen molar-refractivity contribution in [2.45, 2.75) is 45.1 Å². The molecule has 0 heterocycles. The van der Waals surface area contributed by atoms with Gasteiger partial charge in [0.05, 0.1) is 18.4 Å². The van der Waals surface area contributed by atoms with Crippen LogP contribution in [0.2, 0.25) is 0 Å². The number of hydrogen-bond donors (Lipinski definition) is 1. The molecule has 1 aromatic rings. The number of benzene rings is 1. The van der Waals surface area contributed by atoms with E-state index in [1.807, 2.05) is 24.3 Å². The van der Waals surface area contributed by atoms with Crippen molar-refractivity contribution in [3.8, 4) is 5.75 Å². The van der Waals surface area contributed by atoms with Crippen molar-refractivity contribution in [1.82, 2.24) is 0 Å². The molecule has 2 N–H and O–H groups in total. The summed E-state index contributed by atoms with van der Waals surface area (Å²) in [6, 6.07) is 7.58. The van der Waals surface area contributed by atoms with Gasteiger partial charge in [0.25, 0.3) is 0 Å². The summed E-state index contributed by atoms with van der Waals surface area (Å²) < 4.78 is 11.5. The Balaban J connectivity index is 1.65. The van der Waals surface area contributed by atoms with Crippen LogP contribution in [0.1, 0.15) is 39.0 Å². The third-order valence-electron chi connectivity index (χ3n) is 3.93. The van der Waals surface area contributed by atoms with Crippen LogP contribution < -0.4 is 10.5 Å². The molecule has 0 saturated heterocycles. The van der Waals surface area contributed by atoms with Gasteiger partial charge in [0.2, 0.25) is 0 Å². The van der Waals surface area contributed by atoms with Crippen LogP contribution in [-0.2, 0) is 4.74 Å². The van der Waals surface area contributed by atoms with Gasteiger partial charge in [0.15, 0.2) is 0 Å². The molecule has 2 atom stereocenters. The molecule has 106 valence electrons. The van der Waals surface area contributed by atoms with Crippen LogP contribution in [0.25, 0.3) is 0 Å². The number of para-hydroxylation sites is 2. The highest BCUT2D eigenvalue weighted by molar-refractivity contribution is 5.51. The zero-order chi connectivity index (χ0) is 13.5. The highest BCUT2D eigenvalue weighted by Gasteiger charge is 2.20. The fourth-order valence-corrected chi connectivity index (χ4v) is 2.74. The lowest BCUT2D eigenvalue weighted by atomic mass is 9.85. The van der Waals surface area contributed by atoms with Gasteiger partial charge in [-0.3, -0.25) is 0 Å². The van der Waals surface area contributed by atoms with Gasteiger partial charge in [-0.25, -0.2) is 0 Å². The smallest absolute Gasteiger partial charge is 0.142 e. The van der Waals surface area contributed by atoms with E-state index < -0.39 is 0 Å². The molecule has 19 heavy (non-hydrogen) atoms. The number of nitrogen functional groups attached to an aromatic ring is 1. The summed E-state index contributed by atoms with van der Waals surface area (Å²) in [4.78, 5) is 0. The Morgan fingerprint density at radius 3 is 2.84 bits per heavy atom. The first-order chi connectivity index (χ1) is 9.29. The summed E-state index contributed by atoms with van der Waals surface area (Å²) >= 11 is 0. The minimum absolute atomic E-state index is 0.426. The Morgan fingerprint density at radius 1 is 1.21 bits per heavy atom. The van der Waals surface area contributed by atoms with Crippen molar-refractivity contribution in [2.75, 3.05) is 18.9 Å². The van der Waals surface area contributed by atoms with Gasteiger partial charge in [0.1, 0.15) is 12.4 Å². The van der Waals surface area contributed by atoms with Gasteiger partial charge in [-0.2, -0.15) is 0 Å². The third-order valence-corrected chi connectivity index (χ3v) is 3.93. The van der Waals surface area contributed by atoms with Gasteiger partial charge < -0.3 is 15.2 Å². The number of hydrogen-bond acceptors (Lipinski definition) is 3. The Kier molecular flexibility index (Phi) is 5.52. The molecule has 0 radical (unpaired) electrons. The van der Waals surface area contributed by atoms with E-state index in [4.69, 9.17) is 15.2 Å². The number of nitrogens with two attached hydrogens (primary N) is 1. The second-order valence-electron chi connectivity index (χ2n) is 5.32. The molecule has 2 unspecified atom stereocenters. The van der Waals surface area contributed by atoms with Crippen molar-refractivity contribution in [1.29, 1.82) is 0 Å². The Labute approximate surface area is 116 Å². The third kappa shape index (κ3) is 4.43. The highest BCUT2D eigenvalue weighted by atomic mass is 16.5. The largest absolute Gasteiger partial charge is 0.489 e. The molecule has 1 aliphatic carbocycles. The molecule has 0 aliphatic heterocycles. The lowest BCUT2D eigenvalue weighted by molar-refractivity contribution is -0.000568. The van der Waals surface area contributed by atoms with Crippen LogP contribution in [0, 0.1) is 5.92 Å². The first-order valence-corrected chi connectivity index (χ1v) is 7.38. The maximum Gasteiger partial charge on any atom is 0.142 e. The van der Waals surface area contributed by atoms with Crippen molar-refractivity contribution < 1.29 is 9.47 Å². The van der Waals surface area contributed by atoms with E-state index in [-0.39, 0.29) is 0 Å². The highest BCUT2D eigenvalue weighted by Crippen LogP contribution is 2.28. The molecular weight excluding hydrogens is 238 g/mol. The topological polar surface area (TPSA) is 44.5 Å². The van der Waals surface area contributed by atoms with Crippen LogP contribution in [0.15, 0.2) is 24.3 Å². The average molecular weight is 263 g/mol. The molecule has 0 amide bonds. The second kappa shape index (κ2) is 7.39. The first kappa shape index (κ1) is 14.2. The molecular formula is C16H25NO2. The SMILES string of the molecule is CCC1CCCC(OCCOc2ccccc2N)C1.